The first kappa shape index (κ1) is 14.2. The molecule has 0 aliphatic heterocycles. The summed E-state index contributed by atoms with van der Waals surface area (Å²) in [7, 11) is 1.53. The Balaban J connectivity index is 2.77. The molecule has 0 fully saturated rings. The molecule has 0 aliphatic carbocycles. The van der Waals surface area contributed by atoms with E-state index in [9.17, 15) is 4.79 Å². The third kappa shape index (κ3) is 3.54. The van der Waals surface area contributed by atoms with Crippen molar-refractivity contribution in [1.82, 2.24) is 5.32 Å². The van der Waals surface area contributed by atoms with Gasteiger partial charge >= 0.3 is 0 Å². The quantitative estimate of drug-likeness (QED) is 0.928. The molecule has 0 unspecified atom stereocenters. The number of hydrogen-bond donors (Lipinski definition) is 1. The summed E-state index contributed by atoms with van der Waals surface area (Å²) in [5.41, 5.74) is 0.239. The third-order valence-electron chi connectivity index (χ3n) is 2.78. The number of benzene rings is 1. The van der Waals surface area contributed by atoms with Crippen LogP contribution in [0.4, 0.5) is 0 Å². The Morgan fingerprint density at radius 3 is 2.53 bits per heavy atom. The Morgan fingerprint density at radius 2 is 2.00 bits per heavy atom. The van der Waals surface area contributed by atoms with Gasteiger partial charge in [-0.1, -0.05) is 34.1 Å². The highest BCUT2D eigenvalue weighted by atomic mass is 79.9. The van der Waals surface area contributed by atoms with Gasteiger partial charge in [0, 0.05) is 11.6 Å². The van der Waals surface area contributed by atoms with Crippen LogP contribution in [-0.4, -0.2) is 18.6 Å². The lowest BCUT2D eigenvalue weighted by Gasteiger charge is -2.25. The topological polar surface area (TPSA) is 38.3 Å². The molecule has 17 heavy (non-hydrogen) atoms. The number of rotatable bonds is 4. The number of ether oxygens (including phenoxy) is 1. The average molecular weight is 300 g/mol. The monoisotopic (exact) mass is 299 g/mol. The normalized spacial score (nSPS) is 13.2. The van der Waals surface area contributed by atoms with Gasteiger partial charge in [-0.2, -0.15) is 0 Å². The highest BCUT2D eigenvalue weighted by Crippen LogP contribution is 2.23. The van der Waals surface area contributed by atoms with E-state index in [0.29, 0.717) is 0 Å². The van der Waals surface area contributed by atoms with Gasteiger partial charge < -0.3 is 10.1 Å². The summed E-state index contributed by atoms with van der Waals surface area (Å²) in [6.07, 6.45) is 0. The molecule has 0 aliphatic rings. The average Bonchev–Trinajstić information content (AvgIpc) is 2.29. The van der Waals surface area contributed by atoms with Crippen molar-refractivity contribution in [3.63, 3.8) is 0 Å². The second-order valence-corrected chi connectivity index (χ2v) is 5.29. The van der Waals surface area contributed by atoms with Gasteiger partial charge in [-0.05, 0) is 32.4 Å². The number of halogens is 1. The van der Waals surface area contributed by atoms with E-state index in [1.54, 1.807) is 13.8 Å². The fraction of sp³-hybridized carbons (Fsp3) is 0.462. The Bertz CT molecular complexity index is 404. The number of methoxy groups -OCH3 is 1. The standard InChI is InChI=1S/C13H18BrNO2/c1-9(10-7-5-6-8-11(10)14)15-12(16)13(2,3)17-4/h5-9H,1-4H3,(H,15,16)/t9-/m1/s1. The van der Waals surface area contributed by atoms with E-state index < -0.39 is 5.60 Å². The molecule has 94 valence electrons. The van der Waals surface area contributed by atoms with Crippen LogP contribution >= 0.6 is 15.9 Å². The number of amides is 1. The van der Waals surface area contributed by atoms with Crippen LogP contribution in [0.25, 0.3) is 0 Å². The molecular weight excluding hydrogens is 282 g/mol. The lowest BCUT2D eigenvalue weighted by molar-refractivity contribution is -0.140. The van der Waals surface area contributed by atoms with Crippen LogP contribution in [0.2, 0.25) is 0 Å². The summed E-state index contributed by atoms with van der Waals surface area (Å²) in [5, 5.41) is 2.93. The fourth-order valence-electron chi connectivity index (χ4n) is 1.37. The molecule has 1 amide bonds. The molecule has 0 spiro atoms. The molecule has 1 atom stereocenters. The van der Waals surface area contributed by atoms with E-state index in [4.69, 9.17) is 4.74 Å². The number of nitrogens with one attached hydrogen (secondary N) is 1. The highest BCUT2D eigenvalue weighted by molar-refractivity contribution is 9.10. The number of hydrogen-bond acceptors (Lipinski definition) is 2. The van der Waals surface area contributed by atoms with Crippen LogP contribution in [0.3, 0.4) is 0 Å². The van der Waals surface area contributed by atoms with Gasteiger partial charge in [0.1, 0.15) is 5.60 Å². The van der Waals surface area contributed by atoms with E-state index in [1.165, 1.54) is 7.11 Å². The molecular formula is C13H18BrNO2. The minimum absolute atomic E-state index is 0.0625. The first-order chi connectivity index (χ1) is 7.88. The van der Waals surface area contributed by atoms with Crippen molar-refractivity contribution >= 4 is 21.8 Å². The summed E-state index contributed by atoms with van der Waals surface area (Å²) in [5.74, 6) is -0.122. The SMILES string of the molecule is COC(C)(C)C(=O)N[C@H](C)c1ccccc1Br. The smallest absolute Gasteiger partial charge is 0.252 e. The maximum atomic E-state index is 11.9. The van der Waals surface area contributed by atoms with Gasteiger partial charge in [-0.25, -0.2) is 0 Å². The van der Waals surface area contributed by atoms with Crippen molar-refractivity contribution in [3.8, 4) is 0 Å². The van der Waals surface area contributed by atoms with Gasteiger partial charge in [0.05, 0.1) is 6.04 Å². The number of carbonyl (C=O) groups excluding carboxylic acids is 1. The number of carbonyl (C=O) groups is 1. The first-order valence-corrected chi connectivity index (χ1v) is 6.28. The van der Waals surface area contributed by atoms with E-state index >= 15 is 0 Å². The molecule has 1 rings (SSSR count). The predicted molar refractivity (Wildman–Crippen MR) is 71.8 cm³/mol. The minimum Gasteiger partial charge on any atom is -0.369 e. The van der Waals surface area contributed by atoms with Crippen LogP contribution in [0.1, 0.15) is 32.4 Å². The molecule has 0 bridgehead atoms. The molecule has 0 saturated carbocycles. The van der Waals surface area contributed by atoms with E-state index in [-0.39, 0.29) is 11.9 Å². The summed E-state index contributed by atoms with van der Waals surface area (Å²) in [4.78, 5) is 11.9. The fourth-order valence-corrected chi connectivity index (χ4v) is 2.00. The maximum Gasteiger partial charge on any atom is 0.252 e. The van der Waals surface area contributed by atoms with Crippen LogP contribution < -0.4 is 5.32 Å². The molecule has 0 heterocycles. The van der Waals surface area contributed by atoms with Crippen molar-refractivity contribution < 1.29 is 9.53 Å². The van der Waals surface area contributed by atoms with Crippen molar-refractivity contribution in [2.45, 2.75) is 32.4 Å². The summed E-state index contributed by atoms with van der Waals surface area (Å²) >= 11 is 3.47. The lowest BCUT2D eigenvalue weighted by Crippen LogP contribution is -2.44. The molecule has 1 N–H and O–H groups in total. The molecule has 1 aromatic rings. The summed E-state index contributed by atoms with van der Waals surface area (Å²) in [6.45, 7) is 5.44. The van der Waals surface area contributed by atoms with Crippen molar-refractivity contribution in [2.75, 3.05) is 7.11 Å². The molecule has 3 nitrogen and oxygen atoms in total. The Morgan fingerprint density at radius 1 is 1.41 bits per heavy atom. The predicted octanol–water partition coefficient (Wildman–Crippen LogP) is 3.05. The van der Waals surface area contributed by atoms with E-state index in [2.05, 4.69) is 21.2 Å². The Labute approximate surface area is 111 Å². The minimum atomic E-state index is -0.810. The second-order valence-electron chi connectivity index (χ2n) is 4.43. The maximum absolute atomic E-state index is 11.9. The van der Waals surface area contributed by atoms with Gasteiger partial charge in [0.25, 0.3) is 5.91 Å². The van der Waals surface area contributed by atoms with Crippen LogP contribution in [0.5, 0.6) is 0 Å². The van der Waals surface area contributed by atoms with Gasteiger partial charge in [-0.3, -0.25) is 4.79 Å². The van der Waals surface area contributed by atoms with E-state index in [0.717, 1.165) is 10.0 Å². The van der Waals surface area contributed by atoms with Crippen LogP contribution in [0, 0.1) is 0 Å². The highest BCUT2D eigenvalue weighted by Gasteiger charge is 2.28. The van der Waals surface area contributed by atoms with Crippen LogP contribution in [0.15, 0.2) is 28.7 Å². The van der Waals surface area contributed by atoms with Crippen molar-refractivity contribution in [3.05, 3.63) is 34.3 Å². The molecule has 1 aromatic carbocycles. The van der Waals surface area contributed by atoms with Crippen molar-refractivity contribution in [1.29, 1.82) is 0 Å². The Hall–Kier alpha value is -0.870. The van der Waals surface area contributed by atoms with Gasteiger partial charge in [0.15, 0.2) is 0 Å². The third-order valence-corrected chi connectivity index (χ3v) is 3.50. The summed E-state index contributed by atoms with van der Waals surface area (Å²) in [6, 6.07) is 7.77. The first-order valence-electron chi connectivity index (χ1n) is 5.49. The zero-order valence-electron chi connectivity index (χ0n) is 10.6. The molecule has 0 radical (unpaired) electrons. The Kier molecular flexibility index (Phi) is 4.71. The van der Waals surface area contributed by atoms with Gasteiger partial charge in [-0.15, -0.1) is 0 Å². The molecule has 0 aromatic heterocycles. The van der Waals surface area contributed by atoms with Crippen molar-refractivity contribution in [2.24, 2.45) is 0 Å². The zero-order valence-corrected chi connectivity index (χ0v) is 12.2. The second kappa shape index (κ2) is 5.65. The zero-order chi connectivity index (χ0) is 13.1. The molecule has 0 saturated heterocycles. The van der Waals surface area contributed by atoms with E-state index in [1.807, 2.05) is 31.2 Å². The molecule has 4 heteroatoms. The summed E-state index contributed by atoms with van der Waals surface area (Å²) < 4.78 is 6.13. The largest absolute Gasteiger partial charge is 0.369 e. The lowest BCUT2D eigenvalue weighted by atomic mass is 10.1. The van der Waals surface area contributed by atoms with Crippen LogP contribution in [-0.2, 0) is 9.53 Å². The van der Waals surface area contributed by atoms with Gasteiger partial charge in [0.2, 0.25) is 0 Å².